The molecule has 206 valence electrons. The zero-order valence-electron chi connectivity index (χ0n) is 20.1. The van der Waals surface area contributed by atoms with Crippen molar-refractivity contribution in [2.45, 2.75) is 24.4 Å². The molecule has 4 rings (SSSR count). The summed E-state index contributed by atoms with van der Waals surface area (Å²) in [6.07, 6.45) is 11.3. The van der Waals surface area contributed by atoms with Crippen LogP contribution in [0.2, 0.25) is 0 Å². The van der Waals surface area contributed by atoms with Gasteiger partial charge in [0.25, 0.3) is 19.7 Å². The van der Waals surface area contributed by atoms with Crippen LogP contribution in [0, 0.1) is 5.41 Å². The van der Waals surface area contributed by atoms with Crippen LogP contribution in [0.15, 0.2) is 70.2 Å². The van der Waals surface area contributed by atoms with E-state index in [0.29, 0.717) is 0 Å². The highest BCUT2D eigenvalue weighted by Gasteiger charge is 2.57. The van der Waals surface area contributed by atoms with Crippen molar-refractivity contribution < 1.29 is 47.7 Å². The van der Waals surface area contributed by atoms with E-state index in [1.165, 1.54) is 37.2 Å². The molecule has 0 spiro atoms. The fourth-order valence-corrected chi connectivity index (χ4v) is 6.59. The van der Waals surface area contributed by atoms with Crippen molar-refractivity contribution >= 4 is 37.0 Å². The molecule has 1 heterocycles. The number of hydrogen-bond donors (Lipinski definition) is 1. The van der Waals surface area contributed by atoms with Crippen LogP contribution in [-0.2, 0) is 19.7 Å². The second-order valence-electron chi connectivity index (χ2n) is 8.83. The molecule has 1 aromatic rings. The fraction of sp³-hybridized carbons (Fsp3) is 0.292. The van der Waals surface area contributed by atoms with E-state index in [9.17, 15) is 43.2 Å². The molecule has 2 aliphatic carbocycles. The van der Waals surface area contributed by atoms with Gasteiger partial charge in [0, 0.05) is 5.57 Å². The Morgan fingerprint density at radius 3 is 2.03 bits per heavy atom. The molecule has 1 N–H and O–H groups in total. The lowest BCUT2D eigenvalue weighted by molar-refractivity contribution is -0.854. The first kappa shape index (κ1) is 29.6. The molecule has 1 atom stereocenters. The van der Waals surface area contributed by atoms with Crippen LogP contribution in [0.5, 0.6) is 0 Å². The predicted octanol–water partition coefficient (Wildman–Crippen LogP) is 5.51. The summed E-state index contributed by atoms with van der Waals surface area (Å²) < 4.78 is 127. The Kier molecular flexibility index (Phi) is 7.76. The third-order valence-corrected chi connectivity index (χ3v) is 9.16. The summed E-state index contributed by atoms with van der Waals surface area (Å²) in [5.41, 5.74) is -13.9. The van der Waals surface area contributed by atoms with Crippen LogP contribution in [-0.4, -0.2) is 58.2 Å². The highest BCUT2D eigenvalue weighted by Crippen LogP contribution is 2.47. The van der Waals surface area contributed by atoms with Crippen molar-refractivity contribution in [2.24, 2.45) is 0 Å². The van der Waals surface area contributed by atoms with Gasteiger partial charge in [-0.05, 0) is 47.4 Å². The quantitative estimate of drug-likeness (QED) is 0.375. The van der Waals surface area contributed by atoms with E-state index in [-0.39, 0.29) is 22.8 Å². The lowest BCUT2D eigenvalue weighted by Gasteiger charge is -2.29. The number of alkyl halides is 6. The van der Waals surface area contributed by atoms with Gasteiger partial charge in [-0.15, -0.1) is 0 Å². The molecule has 0 saturated carbocycles. The van der Waals surface area contributed by atoms with Gasteiger partial charge in [-0.3, -0.25) is 9.89 Å². The van der Waals surface area contributed by atoms with Gasteiger partial charge in [0.2, 0.25) is 0 Å². The topological polar surface area (TPSA) is 92.1 Å². The maximum atomic E-state index is 13.0. The van der Waals surface area contributed by atoms with Crippen LogP contribution in [0.1, 0.15) is 24.5 Å². The molecule has 0 radical (unpaired) electrons. The largest absolute Gasteiger partial charge is 0.502 e. The number of hydrogen-bond acceptors (Lipinski definition) is 5. The Hall–Kier alpha value is -2.97. The highest BCUT2D eigenvalue weighted by molar-refractivity contribution is 8.00. The van der Waals surface area contributed by atoms with Crippen molar-refractivity contribution in [1.82, 2.24) is 0 Å². The van der Waals surface area contributed by atoms with Gasteiger partial charge in [-0.25, -0.2) is 16.8 Å². The van der Waals surface area contributed by atoms with Crippen molar-refractivity contribution in [3.05, 3.63) is 81.3 Å². The summed E-state index contributed by atoms with van der Waals surface area (Å²) in [4.78, 5) is -4.38. The van der Waals surface area contributed by atoms with Gasteiger partial charge >= 0.3 is 11.0 Å². The van der Waals surface area contributed by atoms with E-state index in [1.54, 1.807) is 0 Å². The van der Waals surface area contributed by atoms with Gasteiger partial charge in [-0.2, -0.15) is 26.3 Å². The van der Waals surface area contributed by atoms with Crippen LogP contribution in [0.3, 0.4) is 0 Å². The number of sulfone groups is 2. The van der Waals surface area contributed by atoms with Gasteiger partial charge in [-0.1, -0.05) is 37.3 Å². The minimum Gasteiger partial charge on any atom is -0.299 e. The second kappa shape index (κ2) is 9.97. The first-order valence-electron chi connectivity index (χ1n) is 11.1. The Balaban J connectivity index is 0.000000336. The molecule has 1 unspecified atom stereocenters. The number of allylic oxidation sites excluding steroid dienone is 6. The maximum Gasteiger partial charge on any atom is 0.502 e. The van der Waals surface area contributed by atoms with E-state index in [2.05, 4.69) is 38.4 Å². The first-order valence-corrected chi connectivity index (χ1v) is 14.0. The summed E-state index contributed by atoms with van der Waals surface area (Å²) in [6.45, 7) is 4.64. The Bertz CT molecular complexity index is 1530. The fourth-order valence-electron chi connectivity index (χ4n) is 4.13. The van der Waals surface area contributed by atoms with Crippen LogP contribution in [0.4, 0.5) is 26.3 Å². The van der Waals surface area contributed by atoms with Crippen molar-refractivity contribution in [3.63, 3.8) is 0 Å². The number of rotatable bonds is 4. The summed E-state index contributed by atoms with van der Waals surface area (Å²) >= 11 is 0. The Morgan fingerprint density at radius 1 is 0.895 bits per heavy atom. The van der Waals surface area contributed by atoms with E-state index in [0.717, 1.165) is 17.1 Å². The minimum atomic E-state index is -6.58. The smallest absolute Gasteiger partial charge is 0.299 e. The van der Waals surface area contributed by atoms with Gasteiger partial charge in [0.05, 0.1) is 30.4 Å². The number of nitrogens with zero attached hydrogens (tertiary/aromatic N) is 1. The Morgan fingerprint density at radius 2 is 1.50 bits per heavy atom. The number of likely N-dealkylation sites (N-methyl/N-ethyl adjacent to an activating group) is 1. The zero-order valence-corrected chi connectivity index (χ0v) is 21.7. The lowest BCUT2D eigenvalue weighted by atomic mass is 9.95. The molecule has 0 bridgehead atoms. The maximum absolute atomic E-state index is 13.0. The summed E-state index contributed by atoms with van der Waals surface area (Å²) in [6, 6.07) is 5.69. The molecule has 38 heavy (non-hydrogen) atoms. The molecule has 0 saturated heterocycles. The van der Waals surface area contributed by atoms with Crippen molar-refractivity contribution in [1.29, 1.82) is 5.41 Å². The molecular weight excluding hydrogens is 558 g/mol. The monoisotopic (exact) mass is 581 g/mol. The molecule has 3 aliphatic rings. The molecule has 0 aromatic heterocycles. The number of benzene rings is 1. The predicted molar refractivity (Wildman–Crippen MR) is 132 cm³/mol. The summed E-state index contributed by atoms with van der Waals surface area (Å²) in [7, 11) is -10.8. The number of fused-ring (bicyclic) bond motifs is 3. The zero-order chi connectivity index (χ0) is 28.7. The summed E-state index contributed by atoms with van der Waals surface area (Å²) in [5, 5.41) is 7.82. The van der Waals surface area contributed by atoms with E-state index >= 15 is 0 Å². The average Bonchev–Trinajstić information content (AvgIpc) is 3.17. The molecule has 1 aliphatic heterocycles. The molecular formula is C24H23F6N2O4S2+. The standard InChI is InChI=1S/C15H7F6NO4S2.C9H16N/c16-14(17,18)27(23,24)11-6-9-8-4-2-1-3-7(8)5-10(9)12(22)13(11)28(25,26)15(19,20)21;1-3-7-10(2)8-5-4-6-9-10/h1-6,22H;4-6,8H,3,7,9H2,1-2H3/q;+1. The number of halogens is 6. The molecule has 14 heteroatoms. The van der Waals surface area contributed by atoms with Crippen LogP contribution in [0.25, 0.3) is 11.6 Å². The minimum absolute atomic E-state index is 0.153. The molecule has 0 fully saturated rings. The van der Waals surface area contributed by atoms with Gasteiger partial charge in [0.15, 0.2) is 0 Å². The number of quaternary nitrogens is 1. The average molecular weight is 582 g/mol. The SMILES string of the molecule is CCC[N+]1(C)C=CC=CC1.N=C1C2=Cc3ccccc3C2=CC(S(=O)(=O)C(F)(F)F)=C1S(=O)(=O)C(F)(F)F. The van der Waals surface area contributed by atoms with E-state index < -0.39 is 51.8 Å². The third-order valence-electron chi connectivity index (χ3n) is 5.95. The van der Waals surface area contributed by atoms with Crippen LogP contribution >= 0.6 is 0 Å². The Labute approximate surface area is 215 Å². The summed E-state index contributed by atoms with van der Waals surface area (Å²) in [5.74, 6) is 0. The molecule has 1 aromatic carbocycles. The second-order valence-corrected chi connectivity index (χ2v) is 12.6. The normalized spacial score (nSPS) is 21.3. The van der Waals surface area contributed by atoms with E-state index in [1.807, 2.05) is 0 Å². The molecule has 0 amide bonds. The van der Waals surface area contributed by atoms with Gasteiger partial charge < -0.3 is 0 Å². The van der Waals surface area contributed by atoms with Gasteiger partial charge in [0.1, 0.15) is 11.4 Å². The third kappa shape index (κ3) is 5.29. The van der Waals surface area contributed by atoms with Crippen molar-refractivity contribution in [3.8, 4) is 0 Å². The molecule has 6 nitrogen and oxygen atoms in total. The lowest BCUT2D eigenvalue weighted by Crippen LogP contribution is -2.39. The highest BCUT2D eigenvalue weighted by atomic mass is 32.2. The van der Waals surface area contributed by atoms with E-state index in [4.69, 9.17) is 5.41 Å². The van der Waals surface area contributed by atoms with Crippen LogP contribution < -0.4 is 0 Å². The van der Waals surface area contributed by atoms with Crippen molar-refractivity contribution in [2.75, 3.05) is 20.1 Å². The number of nitrogens with one attached hydrogen (secondary N) is 1. The first-order chi connectivity index (χ1) is 17.4.